The van der Waals surface area contributed by atoms with Crippen molar-refractivity contribution in [1.29, 1.82) is 0 Å². The first-order valence-electron chi connectivity index (χ1n) is 8.88. The van der Waals surface area contributed by atoms with Gasteiger partial charge in [-0.1, -0.05) is 30.3 Å². The van der Waals surface area contributed by atoms with Crippen LogP contribution in [0.4, 0.5) is 5.95 Å². The third kappa shape index (κ3) is 5.24. The van der Waals surface area contributed by atoms with Gasteiger partial charge in [0.2, 0.25) is 5.95 Å². The first-order chi connectivity index (χ1) is 12.7. The minimum atomic E-state index is -0.0891. The normalized spacial score (nSPS) is 14.8. The summed E-state index contributed by atoms with van der Waals surface area (Å²) in [6.45, 7) is 5.76. The van der Waals surface area contributed by atoms with Crippen molar-refractivity contribution >= 4 is 11.9 Å². The van der Waals surface area contributed by atoms with Gasteiger partial charge in [-0.05, 0) is 5.56 Å². The van der Waals surface area contributed by atoms with Gasteiger partial charge in [0.25, 0.3) is 5.91 Å². The third-order valence-corrected chi connectivity index (χ3v) is 4.32. The fourth-order valence-corrected chi connectivity index (χ4v) is 2.83. The first-order valence-corrected chi connectivity index (χ1v) is 8.88. The summed E-state index contributed by atoms with van der Waals surface area (Å²) in [4.78, 5) is 25.0. The number of ether oxygens (including phenoxy) is 1. The van der Waals surface area contributed by atoms with Gasteiger partial charge >= 0.3 is 0 Å². The van der Waals surface area contributed by atoms with E-state index < -0.39 is 0 Å². The summed E-state index contributed by atoms with van der Waals surface area (Å²) in [6, 6.07) is 9.90. The third-order valence-electron chi connectivity index (χ3n) is 4.32. The second-order valence-corrected chi connectivity index (χ2v) is 6.32. The van der Waals surface area contributed by atoms with Crippen LogP contribution in [0, 0.1) is 0 Å². The number of carbonyl (C=O) groups excluding carboxylic acids is 1. The quantitative estimate of drug-likeness (QED) is 0.812. The Morgan fingerprint density at radius 1 is 1.19 bits per heavy atom. The number of rotatable bonds is 7. The van der Waals surface area contributed by atoms with E-state index in [0.717, 1.165) is 45.0 Å². The van der Waals surface area contributed by atoms with Gasteiger partial charge in [-0.25, -0.2) is 9.97 Å². The number of morpholine rings is 1. The van der Waals surface area contributed by atoms with Crippen molar-refractivity contribution in [2.75, 3.05) is 51.8 Å². The Balaban J connectivity index is 1.47. The SMILES string of the molecule is CN(Cc1ccccc1)C(=O)c1cnc(NCCN2CCOCC2)nc1. The average Bonchev–Trinajstić information content (AvgIpc) is 2.69. The van der Waals surface area contributed by atoms with Crippen LogP contribution >= 0.6 is 0 Å². The molecule has 1 fully saturated rings. The summed E-state index contributed by atoms with van der Waals surface area (Å²) in [5, 5.41) is 3.20. The van der Waals surface area contributed by atoms with Crippen LogP contribution in [0.1, 0.15) is 15.9 Å². The summed E-state index contributed by atoms with van der Waals surface area (Å²) in [7, 11) is 1.78. The van der Waals surface area contributed by atoms with Crippen molar-refractivity contribution in [3.05, 3.63) is 53.9 Å². The molecule has 1 amide bonds. The summed E-state index contributed by atoms with van der Waals surface area (Å²) in [5.74, 6) is 0.453. The standard InChI is InChI=1S/C19H25N5O2/c1-23(15-16-5-3-2-4-6-16)18(25)17-13-21-19(22-14-17)20-7-8-24-9-11-26-12-10-24/h2-6,13-14H,7-12,15H2,1H3,(H,20,21,22). The van der Waals surface area contributed by atoms with E-state index in [-0.39, 0.29) is 5.91 Å². The van der Waals surface area contributed by atoms with Gasteiger partial charge < -0.3 is 15.0 Å². The Labute approximate surface area is 154 Å². The number of hydrogen-bond donors (Lipinski definition) is 1. The zero-order valence-electron chi connectivity index (χ0n) is 15.1. The predicted molar refractivity (Wildman–Crippen MR) is 100 cm³/mol. The number of amides is 1. The molecule has 1 N–H and O–H groups in total. The highest BCUT2D eigenvalue weighted by Crippen LogP contribution is 2.08. The van der Waals surface area contributed by atoms with Crippen LogP contribution in [-0.4, -0.2) is 72.1 Å². The molecule has 7 heteroatoms. The lowest BCUT2D eigenvalue weighted by Crippen LogP contribution is -2.39. The molecule has 0 spiro atoms. The molecular weight excluding hydrogens is 330 g/mol. The van der Waals surface area contributed by atoms with E-state index in [1.54, 1.807) is 24.3 Å². The number of carbonyl (C=O) groups is 1. The van der Waals surface area contributed by atoms with Crippen molar-refractivity contribution in [1.82, 2.24) is 19.8 Å². The lowest BCUT2D eigenvalue weighted by molar-refractivity contribution is 0.0398. The van der Waals surface area contributed by atoms with Crippen LogP contribution in [0.2, 0.25) is 0 Å². The molecule has 2 heterocycles. The van der Waals surface area contributed by atoms with Crippen LogP contribution in [-0.2, 0) is 11.3 Å². The fraction of sp³-hybridized carbons (Fsp3) is 0.421. The lowest BCUT2D eigenvalue weighted by Gasteiger charge is -2.26. The fourth-order valence-electron chi connectivity index (χ4n) is 2.83. The average molecular weight is 355 g/mol. The topological polar surface area (TPSA) is 70.6 Å². The summed E-state index contributed by atoms with van der Waals surface area (Å²) >= 11 is 0. The maximum absolute atomic E-state index is 12.5. The highest BCUT2D eigenvalue weighted by atomic mass is 16.5. The number of anilines is 1. The summed E-state index contributed by atoms with van der Waals surface area (Å²) in [6.07, 6.45) is 3.15. The zero-order chi connectivity index (χ0) is 18.2. The Hall–Kier alpha value is -2.51. The second-order valence-electron chi connectivity index (χ2n) is 6.32. The Morgan fingerprint density at radius 3 is 2.58 bits per heavy atom. The first kappa shape index (κ1) is 18.3. The summed E-state index contributed by atoms with van der Waals surface area (Å²) in [5.41, 5.74) is 1.58. The molecule has 0 aliphatic carbocycles. The van der Waals surface area contributed by atoms with Crippen molar-refractivity contribution < 1.29 is 9.53 Å². The van der Waals surface area contributed by atoms with Crippen LogP contribution in [0.3, 0.4) is 0 Å². The van der Waals surface area contributed by atoms with Gasteiger partial charge in [0, 0.05) is 52.2 Å². The van der Waals surface area contributed by atoms with E-state index in [9.17, 15) is 4.79 Å². The van der Waals surface area contributed by atoms with Gasteiger partial charge in [-0.2, -0.15) is 0 Å². The molecule has 7 nitrogen and oxygen atoms in total. The molecule has 0 bridgehead atoms. The molecule has 0 unspecified atom stereocenters. The van der Waals surface area contributed by atoms with Crippen molar-refractivity contribution in [3.8, 4) is 0 Å². The minimum absolute atomic E-state index is 0.0891. The molecule has 26 heavy (non-hydrogen) atoms. The van der Waals surface area contributed by atoms with E-state index in [1.807, 2.05) is 30.3 Å². The zero-order valence-corrected chi connectivity index (χ0v) is 15.1. The number of benzene rings is 1. The monoisotopic (exact) mass is 355 g/mol. The van der Waals surface area contributed by atoms with Crippen LogP contribution in [0.25, 0.3) is 0 Å². The molecule has 0 saturated carbocycles. The Morgan fingerprint density at radius 2 is 1.88 bits per heavy atom. The van der Waals surface area contributed by atoms with Gasteiger partial charge in [0.05, 0.1) is 18.8 Å². The lowest BCUT2D eigenvalue weighted by atomic mass is 10.2. The van der Waals surface area contributed by atoms with Crippen LogP contribution in [0.15, 0.2) is 42.7 Å². The molecule has 138 valence electrons. The van der Waals surface area contributed by atoms with E-state index in [2.05, 4.69) is 20.2 Å². The van der Waals surface area contributed by atoms with E-state index in [0.29, 0.717) is 18.1 Å². The number of nitrogens with zero attached hydrogens (tertiary/aromatic N) is 4. The molecule has 1 aliphatic rings. The van der Waals surface area contributed by atoms with E-state index in [4.69, 9.17) is 4.74 Å². The maximum Gasteiger partial charge on any atom is 0.257 e. The van der Waals surface area contributed by atoms with Crippen LogP contribution < -0.4 is 5.32 Å². The Bertz CT molecular complexity index is 687. The molecule has 1 aliphatic heterocycles. The molecular formula is C19H25N5O2. The second kappa shape index (κ2) is 9.26. The number of aromatic nitrogens is 2. The maximum atomic E-state index is 12.5. The molecule has 1 saturated heterocycles. The predicted octanol–water partition coefficient (Wildman–Crippen LogP) is 1.49. The van der Waals surface area contributed by atoms with Crippen molar-refractivity contribution in [2.45, 2.75) is 6.54 Å². The minimum Gasteiger partial charge on any atom is -0.379 e. The van der Waals surface area contributed by atoms with E-state index >= 15 is 0 Å². The highest BCUT2D eigenvalue weighted by molar-refractivity contribution is 5.93. The van der Waals surface area contributed by atoms with Crippen molar-refractivity contribution in [3.63, 3.8) is 0 Å². The number of hydrogen-bond acceptors (Lipinski definition) is 6. The van der Waals surface area contributed by atoms with Gasteiger partial charge in [0.1, 0.15) is 0 Å². The summed E-state index contributed by atoms with van der Waals surface area (Å²) < 4.78 is 5.33. The van der Waals surface area contributed by atoms with Gasteiger partial charge in [-0.15, -0.1) is 0 Å². The van der Waals surface area contributed by atoms with Crippen molar-refractivity contribution in [2.24, 2.45) is 0 Å². The van der Waals surface area contributed by atoms with Gasteiger partial charge in [-0.3, -0.25) is 9.69 Å². The molecule has 1 aromatic heterocycles. The molecule has 3 rings (SSSR count). The molecule has 2 aromatic rings. The highest BCUT2D eigenvalue weighted by Gasteiger charge is 2.13. The molecule has 1 aromatic carbocycles. The number of nitrogens with one attached hydrogen (secondary N) is 1. The van der Waals surface area contributed by atoms with Gasteiger partial charge in [0.15, 0.2) is 0 Å². The molecule has 0 atom stereocenters. The van der Waals surface area contributed by atoms with Crippen LogP contribution in [0.5, 0.6) is 0 Å². The largest absolute Gasteiger partial charge is 0.379 e. The molecule has 0 radical (unpaired) electrons. The Kier molecular flexibility index (Phi) is 6.51. The smallest absolute Gasteiger partial charge is 0.257 e. The van der Waals surface area contributed by atoms with E-state index in [1.165, 1.54) is 0 Å².